The van der Waals surface area contributed by atoms with Crippen molar-refractivity contribution in [3.8, 4) is 5.75 Å². The van der Waals surface area contributed by atoms with E-state index in [1.807, 2.05) is 0 Å². The lowest BCUT2D eigenvalue weighted by molar-refractivity contribution is 0.00433. The fourth-order valence-corrected chi connectivity index (χ4v) is 2.06. The molecule has 0 saturated heterocycles. The van der Waals surface area contributed by atoms with E-state index < -0.39 is 68.3 Å². The van der Waals surface area contributed by atoms with E-state index in [1.165, 1.54) is 0 Å². The fourth-order valence-electron chi connectivity index (χ4n) is 1.66. The van der Waals surface area contributed by atoms with Gasteiger partial charge in [-0.25, -0.2) is 26.3 Å². The molecular formula is C12Cl2F10O. The molecule has 2 rings (SSSR count). The first kappa shape index (κ1) is 19.7. The van der Waals surface area contributed by atoms with Gasteiger partial charge in [0.05, 0.1) is 0 Å². The minimum Gasteiger partial charge on any atom is -0.452 e. The summed E-state index contributed by atoms with van der Waals surface area (Å²) in [4.78, 5) is 0. The highest BCUT2D eigenvalue weighted by Crippen LogP contribution is 2.52. The largest absolute Gasteiger partial charge is 0.452 e. The molecular weight excluding hydrogens is 421 g/mol. The molecule has 0 spiro atoms. The third-order valence-corrected chi connectivity index (χ3v) is 3.65. The number of ether oxygens (including phenoxy) is 1. The van der Waals surface area contributed by atoms with Crippen LogP contribution in [-0.4, -0.2) is 11.0 Å². The van der Waals surface area contributed by atoms with Crippen LogP contribution in [0.4, 0.5) is 43.9 Å². The highest BCUT2D eigenvalue weighted by atomic mass is 35.5. The van der Waals surface area contributed by atoms with Crippen molar-refractivity contribution in [3.63, 3.8) is 0 Å². The van der Waals surface area contributed by atoms with Crippen molar-refractivity contribution >= 4 is 23.2 Å². The normalized spacial score (nSPS) is 19.5. The van der Waals surface area contributed by atoms with E-state index in [4.69, 9.17) is 23.2 Å². The van der Waals surface area contributed by atoms with E-state index in [0.29, 0.717) is 0 Å². The van der Waals surface area contributed by atoms with Crippen molar-refractivity contribution in [2.45, 2.75) is 11.0 Å². The van der Waals surface area contributed by atoms with E-state index in [2.05, 4.69) is 4.74 Å². The minimum atomic E-state index is -5.43. The summed E-state index contributed by atoms with van der Waals surface area (Å²) in [6.07, 6.45) is 0. The number of benzene rings is 1. The molecule has 25 heavy (non-hydrogen) atoms. The van der Waals surface area contributed by atoms with E-state index in [-0.39, 0.29) is 0 Å². The highest BCUT2D eigenvalue weighted by Gasteiger charge is 2.60. The summed E-state index contributed by atoms with van der Waals surface area (Å²) in [5.41, 5.74) is 0. The minimum absolute atomic E-state index is 1.73. The first-order valence-corrected chi connectivity index (χ1v) is 6.43. The van der Waals surface area contributed by atoms with Crippen LogP contribution in [0, 0.1) is 23.3 Å². The Bertz CT molecular complexity index is 775. The van der Waals surface area contributed by atoms with Gasteiger partial charge in [0.1, 0.15) is 5.02 Å². The van der Waals surface area contributed by atoms with Gasteiger partial charge in [-0.15, -0.1) is 0 Å². The average molecular weight is 421 g/mol. The molecule has 1 aromatic rings. The van der Waals surface area contributed by atoms with Crippen LogP contribution < -0.4 is 4.74 Å². The fraction of sp³-hybridized carbons (Fsp3) is 0.167. The Labute approximate surface area is 141 Å². The van der Waals surface area contributed by atoms with Crippen molar-refractivity contribution in [1.29, 1.82) is 0 Å². The van der Waals surface area contributed by atoms with Crippen LogP contribution in [0.5, 0.6) is 5.75 Å². The Kier molecular flexibility index (Phi) is 4.71. The van der Waals surface area contributed by atoms with E-state index in [1.54, 1.807) is 0 Å². The van der Waals surface area contributed by atoms with Crippen molar-refractivity contribution in [3.05, 3.63) is 51.6 Å². The smallest absolute Gasteiger partial charge is 0.355 e. The SMILES string of the molecule is FC1=C(F)C(Cl)(Oc2c(F)c(F)c(Cl)c(F)c2F)C(F)=C(F)C1(F)F. The maximum absolute atomic E-state index is 13.6. The molecule has 1 nitrogen and oxygen atoms in total. The van der Waals surface area contributed by atoms with Gasteiger partial charge in [-0.05, 0) is 0 Å². The topological polar surface area (TPSA) is 9.23 Å². The number of alkyl halides is 3. The molecule has 0 unspecified atom stereocenters. The zero-order valence-electron chi connectivity index (χ0n) is 10.9. The Morgan fingerprint density at radius 3 is 1.36 bits per heavy atom. The summed E-state index contributed by atoms with van der Waals surface area (Å²) in [5.74, 6) is -30.0. The van der Waals surface area contributed by atoms with Crippen LogP contribution in [0.3, 0.4) is 0 Å². The van der Waals surface area contributed by atoms with Gasteiger partial charge >= 0.3 is 5.92 Å². The van der Waals surface area contributed by atoms with E-state index in [0.717, 1.165) is 0 Å². The maximum Gasteiger partial charge on any atom is 0.355 e. The van der Waals surface area contributed by atoms with Crippen LogP contribution in [-0.2, 0) is 0 Å². The summed E-state index contributed by atoms with van der Waals surface area (Å²) < 4.78 is 137. The van der Waals surface area contributed by atoms with E-state index in [9.17, 15) is 43.9 Å². The number of hydrogen-bond donors (Lipinski definition) is 0. The maximum atomic E-state index is 13.6. The molecule has 0 atom stereocenters. The second kappa shape index (κ2) is 5.97. The van der Waals surface area contributed by atoms with Crippen molar-refractivity contribution in [1.82, 2.24) is 0 Å². The van der Waals surface area contributed by atoms with Gasteiger partial charge in [-0.1, -0.05) is 23.2 Å². The molecule has 0 radical (unpaired) electrons. The van der Waals surface area contributed by atoms with Crippen LogP contribution in [0.1, 0.15) is 0 Å². The average Bonchev–Trinajstić information content (AvgIpc) is 2.57. The van der Waals surface area contributed by atoms with Gasteiger partial charge in [-0.3, -0.25) is 0 Å². The molecule has 138 valence electrons. The second-order valence-corrected chi connectivity index (χ2v) is 5.34. The zero-order chi connectivity index (χ0) is 19.5. The summed E-state index contributed by atoms with van der Waals surface area (Å²) in [6, 6.07) is 0. The molecule has 0 heterocycles. The second-order valence-electron chi connectivity index (χ2n) is 4.43. The van der Waals surface area contributed by atoms with Crippen molar-refractivity contribution in [2.24, 2.45) is 0 Å². The Hall–Kier alpha value is -1.62. The first-order chi connectivity index (χ1) is 11.3. The molecule has 0 bridgehead atoms. The Balaban J connectivity index is 2.71. The zero-order valence-corrected chi connectivity index (χ0v) is 12.5. The van der Waals surface area contributed by atoms with Crippen LogP contribution in [0.15, 0.2) is 23.3 Å². The molecule has 1 aliphatic carbocycles. The van der Waals surface area contributed by atoms with Gasteiger partial charge in [0, 0.05) is 0 Å². The van der Waals surface area contributed by atoms with Crippen molar-refractivity contribution < 1.29 is 48.6 Å². The summed E-state index contributed by atoms with van der Waals surface area (Å²) >= 11 is 9.88. The third-order valence-electron chi connectivity index (χ3n) is 2.91. The number of hydrogen-bond acceptors (Lipinski definition) is 1. The molecule has 0 aliphatic heterocycles. The molecule has 0 N–H and O–H groups in total. The van der Waals surface area contributed by atoms with Crippen LogP contribution in [0.25, 0.3) is 0 Å². The summed E-state index contributed by atoms with van der Waals surface area (Å²) in [6.45, 7) is 0. The number of halogens is 12. The molecule has 1 aliphatic rings. The highest BCUT2D eigenvalue weighted by molar-refractivity contribution is 6.31. The van der Waals surface area contributed by atoms with Gasteiger partial charge in [0.2, 0.25) is 40.7 Å². The summed E-state index contributed by atoms with van der Waals surface area (Å²) in [5, 5.41) is -6.06. The van der Waals surface area contributed by atoms with Crippen LogP contribution in [0.2, 0.25) is 5.02 Å². The monoisotopic (exact) mass is 420 g/mol. The number of rotatable bonds is 2. The molecule has 0 amide bonds. The first-order valence-electron chi connectivity index (χ1n) is 5.68. The molecule has 1 aromatic carbocycles. The lowest BCUT2D eigenvalue weighted by atomic mass is 10.0. The Morgan fingerprint density at radius 1 is 0.640 bits per heavy atom. The standard InChI is InChI=1S/C12Cl2F10O/c13-1-2(15)4(17)6(5(18)3(1)16)25-11(14)7(19)9(21)12(23,24)10(22)8(11)20. The summed E-state index contributed by atoms with van der Waals surface area (Å²) in [7, 11) is 0. The Morgan fingerprint density at radius 2 is 1.00 bits per heavy atom. The molecule has 0 saturated carbocycles. The molecule has 13 heteroatoms. The van der Waals surface area contributed by atoms with E-state index >= 15 is 0 Å². The van der Waals surface area contributed by atoms with Crippen LogP contribution >= 0.6 is 23.2 Å². The van der Waals surface area contributed by atoms with Crippen molar-refractivity contribution in [2.75, 3.05) is 0 Å². The third kappa shape index (κ3) is 2.64. The van der Waals surface area contributed by atoms with Gasteiger partial charge in [0.15, 0.2) is 11.6 Å². The van der Waals surface area contributed by atoms with Gasteiger partial charge in [-0.2, -0.15) is 17.6 Å². The lowest BCUT2D eigenvalue weighted by Crippen LogP contribution is -2.41. The van der Waals surface area contributed by atoms with Gasteiger partial charge in [0.25, 0.3) is 5.06 Å². The predicted octanol–water partition coefficient (Wildman–Crippen LogP) is 6.16. The molecule has 0 aromatic heterocycles. The van der Waals surface area contributed by atoms with Gasteiger partial charge < -0.3 is 4.74 Å². The molecule has 0 fully saturated rings. The quantitative estimate of drug-likeness (QED) is 0.241. The number of allylic oxidation sites excluding steroid dienone is 2. The predicted molar refractivity (Wildman–Crippen MR) is 63.9 cm³/mol. The lowest BCUT2D eigenvalue weighted by Gasteiger charge is -2.31.